The zero-order valence-electron chi connectivity index (χ0n) is 13.1. The van der Waals surface area contributed by atoms with Crippen molar-refractivity contribution in [3.63, 3.8) is 0 Å². The largest absolute Gasteiger partial charge is 0.497 e. The van der Waals surface area contributed by atoms with E-state index in [-0.39, 0.29) is 5.54 Å². The van der Waals surface area contributed by atoms with Crippen molar-refractivity contribution in [2.45, 2.75) is 39.2 Å². The molecule has 1 aromatic heterocycles. The van der Waals surface area contributed by atoms with E-state index in [1.54, 1.807) is 7.11 Å². The van der Waals surface area contributed by atoms with Crippen LogP contribution >= 0.6 is 0 Å². The molecule has 2 aromatic rings. The monoisotopic (exact) mass is 289 g/mol. The highest BCUT2D eigenvalue weighted by Gasteiger charge is 2.11. The second kappa shape index (κ2) is 6.72. The fourth-order valence-electron chi connectivity index (χ4n) is 1.93. The average molecular weight is 289 g/mol. The van der Waals surface area contributed by atoms with Gasteiger partial charge in [0.05, 0.1) is 7.11 Å². The van der Waals surface area contributed by atoms with Crippen LogP contribution in [0.25, 0.3) is 11.5 Å². The molecule has 0 amide bonds. The van der Waals surface area contributed by atoms with Crippen LogP contribution in [0.3, 0.4) is 0 Å². The van der Waals surface area contributed by atoms with Gasteiger partial charge in [-0.1, -0.05) is 6.07 Å². The molecular weight excluding hydrogens is 266 g/mol. The summed E-state index contributed by atoms with van der Waals surface area (Å²) < 4.78 is 10.9. The lowest BCUT2D eigenvalue weighted by atomic mass is 10.1. The van der Waals surface area contributed by atoms with Crippen molar-refractivity contribution >= 4 is 0 Å². The Balaban J connectivity index is 1.92. The predicted octanol–water partition coefficient (Wildman–Crippen LogP) is 3.07. The summed E-state index contributed by atoms with van der Waals surface area (Å²) in [7, 11) is 1.64. The zero-order valence-corrected chi connectivity index (χ0v) is 13.1. The van der Waals surface area contributed by atoms with E-state index in [4.69, 9.17) is 9.15 Å². The highest BCUT2D eigenvalue weighted by Crippen LogP contribution is 2.22. The number of aromatic nitrogens is 2. The Bertz CT molecular complexity index is 573. The van der Waals surface area contributed by atoms with E-state index in [1.165, 1.54) is 0 Å². The molecule has 5 nitrogen and oxygen atoms in total. The van der Waals surface area contributed by atoms with Gasteiger partial charge in [0.25, 0.3) is 0 Å². The molecule has 0 unspecified atom stereocenters. The lowest BCUT2D eigenvalue weighted by Gasteiger charge is -2.19. The molecule has 1 aromatic carbocycles. The smallest absolute Gasteiger partial charge is 0.247 e. The summed E-state index contributed by atoms with van der Waals surface area (Å²) in [6.07, 6.45) is 1.75. The molecule has 0 atom stereocenters. The van der Waals surface area contributed by atoms with Crippen LogP contribution in [0.15, 0.2) is 28.7 Å². The van der Waals surface area contributed by atoms with E-state index in [2.05, 4.69) is 36.3 Å². The quantitative estimate of drug-likeness (QED) is 0.828. The van der Waals surface area contributed by atoms with Gasteiger partial charge in [-0.15, -0.1) is 10.2 Å². The van der Waals surface area contributed by atoms with Crippen LogP contribution in [0.4, 0.5) is 0 Å². The van der Waals surface area contributed by atoms with Crippen LogP contribution < -0.4 is 10.1 Å². The summed E-state index contributed by atoms with van der Waals surface area (Å²) in [5, 5.41) is 11.6. The Hall–Kier alpha value is -1.88. The van der Waals surface area contributed by atoms with Crippen LogP contribution in [0.2, 0.25) is 0 Å². The zero-order chi connectivity index (χ0) is 15.3. The van der Waals surface area contributed by atoms with Crippen molar-refractivity contribution in [1.29, 1.82) is 0 Å². The molecule has 1 N–H and O–H groups in total. The summed E-state index contributed by atoms with van der Waals surface area (Å²) >= 11 is 0. The minimum Gasteiger partial charge on any atom is -0.497 e. The molecule has 0 bridgehead atoms. The van der Waals surface area contributed by atoms with E-state index in [9.17, 15) is 0 Å². The number of rotatable bonds is 6. The third-order valence-corrected chi connectivity index (χ3v) is 3.01. The third-order valence-electron chi connectivity index (χ3n) is 3.01. The number of hydrogen-bond donors (Lipinski definition) is 1. The Morgan fingerprint density at radius 1 is 1.24 bits per heavy atom. The van der Waals surface area contributed by atoms with Gasteiger partial charge in [0, 0.05) is 17.5 Å². The molecule has 114 valence electrons. The third kappa shape index (κ3) is 4.86. The molecular formula is C16H23N3O2. The van der Waals surface area contributed by atoms with Crippen molar-refractivity contribution in [2.24, 2.45) is 0 Å². The van der Waals surface area contributed by atoms with Crippen molar-refractivity contribution in [2.75, 3.05) is 13.7 Å². The lowest BCUT2D eigenvalue weighted by molar-refractivity contribution is 0.412. The minimum atomic E-state index is 0.139. The van der Waals surface area contributed by atoms with E-state index >= 15 is 0 Å². The van der Waals surface area contributed by atoms with Gasteiger partial charge in [0.15, 0.2) is 0 Å². The van der Waals surface area contributed by atoms with E-state index in [0.717, 1.165) is 30.7 Å². The van der Waals surface area contributed by atoms with Gasteiger partial charge in [-0.25, -0.2) is 0 Å². The summed E-state index contributed by atoms with van der Waals surface area (Å²) in [5.74, 6) is 1.98. The normalized spacial score (nSPS) is 11.6. The second-order valence-electron chi connectivity index (χ2n) is 6.01. The fraction of sp³-hybridized carbons (Fsp3) is 0.500. The maximum absolute atomic E-state index is 5.70. The molecule has 0 radical (unpaired) electrons. The topological polar surface area (TPSA) is 60.2 Å². The second-order valence-corrected chi connectivity index (χ2v) is 6.01. The van der Waals surface area contributed by atoms with E-state index in [0.29, 0.717) is 11.8 Å². The Kier molecular flexibility index (Phi) is 4.96. The van der Waals surface area contributed by atoms with Crippen molar-refractivity contribution in [3.05, 3.63) is 30.2 Å². The molecule has 0 aliphatic heterocycles. The first-order chi connectivity index (χ1) is 9.98. The average Bonchev–Trinajstić information content (AvgIpc) is 2.91. The van der Waals surface area contributed by atoms with Gasteiger partial charge in [-0.3, -0.25) is 0 Å². The molecule has 0 fully saturated rings. The first-order valence-electron chi connectivity index (χ1n) is 7.20. The standard InChI is InChI=1S/C16H23N3O2/c1-16(2,3)17-10-6-9-14-18-19-15(21-14)12-7-5-8-13(11-12)20-4/h5,7-8,11,17H,6,9-10H2,1-4H3. The van der Waals surface area contributed by atoms with Gasteiger partial charge in [0.2, 0.25) is 11.8 Å². The molecule has 0 saturated heterocycles. The first kappa shape index (κ1) is 15.5. The number of nitrogens with one attached hydrogen (secondary N) is 1. The van der Waals surface area contributed by atoms with Gasteiger partial charge in [-0.05, 0) is 51.9 Å². The highest BCUT2D eigenvalue weighted by molar-refractivity contribution is 5.55. The minimum absolute atomic E-state index is 0.139. The van der Waals surface area contributed by atoms with Crippen LogP contribution in [0, 0.1) is 0 Å². The molecule has 0 saturated carbocycles. The number of methoxy groups -OCH3 is 1. The Morgan fingerprint density at radius 3 is 2.76 bits per heavy atom. The van der Waals surface area contributed by atoms with Crippen LogP contribution in [-0.4, -0.2) is 29.4 Å². The van der Waals surface area contributed by atoms with Crippen molar-refractivity contribution < 1.29 is 9.15 Å². The number of benzene rings is 1. The molecule has 1 heterocycles. The van der Waals surface area contributed by atoms with Gasteiger partial charge in [-0.2, -0.15) is 0 Å². The molecule has 5 heteroatoms. The van der Waals surface area contributed by atoms with Crippen LogP contribution in [0.5, 0.6) is 5.75 Å². The summed E-state index contributed by atoms with van der Waals surface area (Å²) in [5.41, 5.74) is 1.02. The summed E-state index contributed by atoms with van der Waals surface area (Å²) in [6, 6.07) is 7.61. The van der Waals surface area contributed by atoms with Crippen LogP contribution in [0.1, 0.15) is 33.1 Å². The van der Waals surface area contributed by atoms with Crippen molar-refractivity contribution in [1.82, 2.24) is 15.5 Å². The molecule has 2 rings (SSSR count). The Labute approximate surface area is 125 Å². The van der Waals surface area contributed by atoms with Crippen molar-refractivity contribution in [3.8, 4) is 17.2 Å². The first-order valence-corrected chi connectivity index (χ1v) is 7.20. The van der Waals surface area contributed by atoms with Gasteiger partial charge >= 0.3 is 0 Å². The highest BCUT2D eigenvalue weighted by atomic mass is 16.5. The number of ether oxygens (including phenoxy) is 1. The molecule has 0 aliphatic rings. The summed E-state index contributed by atoms with van der Waals surface area (Å²) in [4.78, 5) is 0. The maximum atomic E-state index is 5.70. The van der Waals surface area contributed by atoms with E-state index < -0.39 is 0 Å². The Morgan fingerprint density at radius 2 is 2.05 bits per heavy atom. The predicted molar refractivity (Wildman–Crippen MR) is 82.4 cm³/mol. The summed E-state index contributed by atoms with van der Waals surface area (Å²) in [6.45, 7) is 7.39. The lowest BCUT2D eigenvalue weighted by Crippen LogP contribution is -2.36. The van der Waals surface area contributed by atoms with Gasteiger partial charge in [0.1, 0.15) is 5.75 Å². The molecule has 21 heavy (non-hydrogen) atoms. The van der Waals surface area contributed by atoms with Gasteiger partial charge < -0.3 is 14.5 Å². The number of hydrogen-bond acceptors (Lipinski definition) is 5. The maximum Gasteiger partial charge on any atom is 0.247 e. The van der Waals surface area contributed by atoms with E-state index in [1.807, 2.05) is 24.3 Å². The fourth-order valence-corrected chi connectivity index (χ4v) is 1.93. The molecule has 0 spiro atoms. The number of nitrogens with zero attached hydrogens (tertiary/aromatic N) is 2. The SMILES string of the molecule is COc1cccc(-c2nnc(CCCNC(C)(C)C)o2)c1. The van der Waals surface area contributed by atoms with Crippen LogP contribution in [-0.2, 0) is 6.42 Å². The molecule has 0 aliphatic carbocycles. The number of aryl methyl sites for hydroxylation is 1.